The predicted molar refractivity (Wildman–Crippen MR) is 48.1 cm³/mol. The third-order valence-electron chi connectivity index (χ3n) is 1.86. The molecule has 1 nitrogen and oxygen atoms in total. The van der Waals surface area contributed by atoms with E-state index in [0.717, 1.165) is 12.8 Å². The van der Waals surface area contributed by atoms with Crippen LogP contribution >= 0.6 is 0 Å². The van der Waals surface area contributed by atoms with Crippen molar-refractivity contribution < 1.29 is 0 Å². The normalized spacial score (nSPS) is 14.1. The third-order valence-corrected chi connectivity index (χ3v) is 1.86. The van der Waals surface area contributed by atoms with E-state index in [1.807, 2.05) is 0 Å². The molecule has 0 aliphatic carbocycles. The van der Waals surface area contributed by atoms with Gasteiger partial charge in [0, 0.05) is 6.42 Å². The summed E-state index contributed by atoms with van der Waals surface area (Å²) in [5.74, 6) is 0.597. The van der Waals surface area contributed by atoms with E-state index in [9.17, 15) is 0 Å². The molecule has 0 aliphatic heterocycles. The molecular formula is C10H19N. The van der Waals surface area contributed by atoms with Gasteiger partial charge in [-0.1, -0.05) is 34.1 Å². The van der Waals surface area contributed by atoms with Gasteiger partial charge in [-0.15, -0.1) is 0 Å². The third kappa shape index (κ3) is 5.91. The minimum atomic E-state index is 0.373. The molecule has 1 atom stereocenters. The molecule has 0 bridgehead atoms. The van der Waals surface area contributed by atoms with Crippen molar-refractivity contribution in [2.45, 2.75) is 47.0 Å². The summed E-state index contributed by atoms with van der Waals surface area (Å²) in [6.45, 7) is 8.85. The van der Waals surface area contributed by atoms with Gasteiger partial charge in [-0.2, -0.15) is 5.26 Å². The minimum Gasteiger partial charge on any atom is -0.198 e. The van der Waals surface area contributed by atoms with E-state index >= 15 is 0 Å². The average molecular weight is 153 g/mol. The summed E-state index contributed by atoms with van der Waals surface area (Å²) >= 11 is 0. The summed E-state index contributed by atoms with van der Waals surface area (Å²) in [7, 11) is 0. The molecule has 0 aromatic carbocycles. The second-order valence-electron chi connectivity index (χ2n) is 4.40. The van der Waals surface area contributed by atoms with Gasteiger partial charge < -0.3 is 0 Å². The standard InChI is InChI=1S/C10H19N/c1-5-9(6-7-11)8-10(2,3)4/h9H,5-6,8H2,1-4H3. The summed E-state index contributed by atoms with van der Waals surface area (Å²) in [5, 5.41) is 8.51. The van der Waals surface area contributed by atoms with Crippen LogP contribution in [0.25, 0.3) is 0 Å². The lowest BCUT2D eigenvalue weighted by Crippen LogP contribution is -2.12. The molecule has 0 aliphatic rings. The fourth-order valence-electron chi connectivity index (χ4n) is 1.36. The van der Waals surface area contributed by atoms with Crippen molar-refractivity contribution in [3.8, 4) is 6.07 Å². The fraction of sp³-hybridized carbons (Fsp3) is 0.900. The van der Waals surface area contributed by atoms with Crippen LogP contribution in [0, 0.1) is 22.7 Å². The molecule has 0 fully saturated rings. The highest BCUT2D eigenvalue weighted by Crippen LogP contribution is 2.27. The van der Waals surface area contributed by atoms with E-state index in [1.54, 1.807) is 0 Å². The molecule has 0 saturated heterocycles. The van der Waals surface area contributed by atoms with Crippen LogP contribution in [0.1, 0.15) is 47.0 Å². The molecule has 0 radical (unpaired) electrons. The lowest BCUT2D eigenvalue weighted by atomic mass is 9.82. The molecule has 1 unspecified atom stereocenters. The highest BCUT2D eigenvalue weighted by atomic mass is 14.3. The Labute approximate surface area is 70.4 Å². The first-order valence-electron chi connectivity index (χ1n) is 4.36. The minimum absolute atomic E-state index is 0.373. The molecule has 11 heavy (non-hydrogen) atoms. The first-order chi connectivity index (χ1) is 4.99. The van der Waals surface area contributed by atoms with Crippen molar-refractivity contribution in [1.82, 2.24) is 0 Å². The second-order valence-corrected chi connectivity index (χ2v) is 4.40. The molecule has 64 valence electrons. The zero-order chi connectivity index (χ0) is 8.91. The van der Waals surface area contributed by atoms with Crippen LogP contribution < -0.4 is 0 Å². The van der Waals surface area contributed by atoms with Crippen molar-refractivity contribution in [3.05, 3.63) is 0 Å². The largest absolute Gasteiger partial charge is 0.198 e. The van der Waals surface area contributed by atoms with Crippen molar-refractivity contribution in [1.29, 1.82) is 5.26 Å². The quantitative estimate of drug-likeness (QED) is 0.610. The Bertz CT molecular complexity index is 136. The average Bonchev–Trinajstić information content (AvgIpc) is 1.84. The van der Waals surface area contributed by atoms with Crippen LogP contribution in [0.15, 0.2) is 0 Å². The van der Waals surface area contributed by atoms with Crippen LogP contribution in [0.4, 0.5) is 0 Å². The first kappa shape index (κ1) is 10.5. The molecule has 0 amide bonds. The highest BCUT2D eigenvalue weighted by Gasteiger charge is 2.16. The van der Waals surface area contributed by atoms with E-state index in [1.165, 1.54) is 0 Å². The van der Waals surface area contributed by atoms with Gasteiger partial charge in [0.1, 0.15) is 0 Å². The number of hydrogen-bond donors (Lipinski definition) is 0. The Morgan fingerprint density at radius 3 is 2.18 bits per heavy atom. The molecule has 1 heteroatoms. The molecule has 0 rings (SSSR count). The topological polar surface area (TPSA) is 23.8 Å². The van der Waals surface area contributed by atoms with Crippen molar-refractivity contribution in [3.63, 3.8) is 0 Å². The monoisotopic (exact) mass is 153 g/mol. The van der Waals surface area contributed by atoms with Crippen molar-refractivity contribution in [2.24, 2.45) is 11.3 Å². The van der Waals surface area contributed by atoms with E-state index in [0.29, 0.717) is 17.8 Å². The van der Waals surface area contributed by atoms with Gasteiger partial charge >= 0.3 is 0 Å². The summed E-state index contributed by atoms with van der Waals surface area (Å²) < 4.78 is 0. The van der Waals surface area contributed by atoms with Crippen LogP contribution in [-0.2, 0) is 0 Å². The van der Waals surface area contributed by atoms with Gasteiger partial charge in [0.25, 0.3) is 0 Å². The summed E-state index contributed by atoms with van der Waals surface area (Å²) in [4.78, 5) is 0. The summed E-state index contributed by atoms with van der Waals surface area (Å²) in [5.41, 5.74) is 0.373. The maximum atomic E-state index is 8.51. The smallest absolute Gasteiger partial charge is 0.0624 e. The summed E-state index contributed by atoms with van der Waals surface area (Å²) in [6, 6.07) is 2.24. The lowest BCUT2D eigenvalue weighted by Gasteiger charge is -2.23. The molecule has 0 aromatic heterocycles. The number of rotatable bonds is 3. The SMILES string of the molecule is CCC(CC#N)CC(C)(C)C. The Hall–Kier alpha value is -0.510. The van der Waals surface area contributed by atoms with Crippen LogP contribution in [0.3, 0.4) is 0 Å². The lowest BCUT2D eigenvalue weighted by molar-refractivity contribution is 0.290. The van der Waals surface area contributed by atoms with Gasteiger partial charge in [-0.05, 0) is 17.8 Å². The molecule has 0 aromatic rings. The number of hydrogen-bond acceptors (Lipinski definition) is 1. The Morgan fingerprint density at radius 2 is 1.91 bits per heavy atom. The van der Waals surface area contributed by atoms with E-state index in [-0.39, 0.29) is 0 Å². The molecule has 0 heterocycles. The molecule has 0 saturated carbocycles. The van der Waals surface area contributed by atoms with Crippen molar-refractivity contribution >= 4 is 0 Å². The maximum absolute atomic E-state index is 8.51. The Balaban J connectivity index is 3.80. The number of nitriles is 1. The fourth-order valence-corrected chi connectivity index (χ4v) is 1.36. The number of nitrogens with zero attached hydrogens (tertiary/aromatic N) is 1. The predicted octanol–water partition coefficient (Wildman–Crippen LogP) is 3.36. The van der Waals surface area contributed by atoms with Crippen LogP contribution in [0.2, 0.25) is 0 Å². The molecular weight excluding hydrogens is 134 g/mol. The van der Waals surface area contributed by atoms with Crippen molar-refractivity contribution in [2.75, 3.05) is 0 Å². The molecule has 0 spiro atoms. The summed E-state index contributed by atoms with van der Waals surface area (Å²) in [6.07, 6.45) is 3.01. The molecule has 0 N–H and O–H groups in total. The van der Waals surface area contributed by atoms with Gasteiger partial charge in [-0.3, -0.25) is 0 Å². The first-order valence-corrected chi connectivity index (χ1v) is 4.36. The highest BCUT2D eigenvalue weighted by molar-refractivity contribution is 4.78. The van der Waals surface area contributed by atoms with E-state index in [2.05, 4.69) is 33.8 Å². The Kier molecular flexibility index (Phi) is 4.18. The Morgan fingerprint density at radius 1 is 1.36 bits per heavy atom. The van der Waals surface area contributed by atoms with Gasteiger partial charge in [-0.25, -0.2) is 0 Å². The van der Waals surface area contributed by atoms with Crippen LogP contribution in [-0.4, -0.2) is 0 Å². The van der Waals surface area contributed by atoms with E-state index in [4.69, 9.17) is 5.26 Å². The van der Waals surface area contributed by atoms with E-state index < -0.39 is 0 Å². The van der Waals surface area contributed by atoms with Gasteiger partial charge in [0.2, 0.25) is 0 Å². The van der Waals surface area contributed by atoms with Gasteiger partial charge in [0.05, 0.1) is 6.07 Å². The van der Waals surface area contributed by atoms with Gasteiger partial charge in [0.15, 0.2) is 0 Å². The zero-order valence-corrected chi connectivity index (χ0v) is 8.15. The van der Waals surface area contributed by atoms with Crippen LogP contribution in [0.5, 0.6) is 0 Å². The second kappa shape index (κ2) is 4.38. The zero-order valence-electron chi connectivity index (χ0n) is 8.15. The maximum Gasteiger partial charge on any atom is 0.0624 e.